The van der Waals surface area contributed by atoms with Gasteiger partial charge >= 0.3 is 17.3 Å². The fourth-order valence-corrected chi connectivity index (χ4v) is 3.48. The number of thioether (sulfide) groups is 1. The highest BCUT2D eigenvalue weighted by Crippen LogP contribution is 2.12. The molecule has 0 saturated heterocycles. The summed E-state index contributed by atoms with van der Waals surface area (Å²) in [6.45, 7) is 0.377. The standard InChI is InChI=1S/C20H18ClN3O4S/c1-29-19-22-18(27)23(11-10-13-4-8-16(21)9-5-13)20(28)24(19)12-14-2-6-15(7-3-14)17(25)26/h2-9H,10-12H2,1H3,(H,25,26). The van der Waals surface area contributed by atoms with Crippen LogP contribution in [0.5, 0.6) is 0 Å². The Kier molecular flexibility index (Phi) is 6.56. The maximum Gasteiger partial charge on any atom is 0.354 e. The lowest BCUT2D eigenvalue weighted by Crippen LogP contribution is -2.43. The van der Waals surface area contributed by atoms with Crippen LogP contribution in [0.2, 0.25) is 5.02 Å². The van der Waals surface area contributed by atoms with Crippen molar-refractivity contribution in [2.75, 3.05) is 6.26 Å². The molecule has 2 aromatic carbocycles. The highest BCUT2D eigenvalue weighted by molar-refractivity contribution is 7.98. The van der Waals surface area contributed by atoms with Crippen LogP contribution in [0.1, 0.15) is 21.5 Å². The largest absolute Gasteiger partial charge is 0.478 e. The van der Waals surface area contributed by atoms with E-state index in [0.29, 0.717) is 16.6 Å². The van der Waals surface area contributed by atoms with Gasteiger partial charge in [-0.15, -0.1) is 0 Å². The molecule has 1 aromatic heterocycles. The van der Waals surface area contributed by atoms with Gasteiger partial charge in [-0.1, -0.05) is 47.6 Å². The fourth-order valence-electron chi connectivity index (χ4n) is 2.82. The summed E-state index contributed by atoms with van der Waals surface area (Å²) in [5.74, 6) is -1.02. The average Bonchev–Trinajstić information content (AvgIpc) is 2.71. The number of hydrogen-bond donors (Lipinski definition) is 1. The molecule has 0 amide bonds. The molecule has 9 heteroatoms. The zero-order valence-corrected chi connectivity index (χ0v) is 17.1. The van der Waals surface area contributed by atoms with Crippen LogP contribution in [-0.4, -0.2) is 31.4 Å². The number of hydrogen-bond acceptors (Lipinski definition) is 5. The maximum absolute atomic E-state index is 13.0. The van der Waals surface area contributed by atoms with E-state index in [9.17, 15) is 14.4 Å². The maximum atomic E-state index is 13.0. The van der Waals surface area contributed by atoms with E-state index in [1.54, 1.807) is 30.5 Å². The van der Waals surface area contributed by atoms with E-state index in [1.165, 1.54) is 28.5 Å². The minimum atomic E-state index is -1.02. The quantitative estimate of drug-likeness (QED) is 0.578. The lowest BCUT2D eigenvalue weighted by Gasteiger charge is -2.13. The first-order valence-corrected chi connectivity index (χ1v) is 10.3. The van der Waals surface area contributed by atoms with E-state index < -0.39 is 17.3 Å². The highest BCUT2D eigenvalue weighted by Gasteiger charge is 2.13. The number of aromatic nitrogens is 3. The number of benzene rings is 2. The summed E-state index contributed by atoms with van der Waals surface area (Å²) in [5.41, 5.74) is 0.802. The van der Waals surface area contributed by atoms with E-state index in [0.717, 1.165) is 15.7 Å². The van der Waals surface area contributed by atoms with Crippen LogP contribution in [-0.2, 0) is 19.5 Å². The third-order valence-corrected chi connectivity index (χ3v) is 5.31. The Balaban J connectivity index is 1.90. The van der Waals surface area contributed by atoms with E-state index in [2.05, 4.69) is 4.98 Å². The summed E-state index contributed by atoms with van der Waals surface area (Å²) >= 11 is 7.09. The van der Waals surface area contributed by atoms with Crippen molar-refractivity contribution in [2.24, 2.45) is 0 Å². The number of nitrogens with zero attached hydrogens (tertiary/aromatic N) is 3. The summed E-state index contributed by atoms with van der Waals surface area (Å²) in [7, 11) is 0. The van der Waals surface area contributed by atoms with Gasteiger partial charge in [0.05, 0.1) is 12.1 Å². The van der Waals surface area contributed by atoms with Crippen molar-refractivity contribution < 1.29 is 9.90 Å². The molecule has 3 aromatic rings. The Labute approximate surface area is 175 Å². The van der Waals surface area contributed by atoms with E-state index in [-0.39, 0.29) is 18.7 Å². The van der Waals surface area contributed by atoms with Crippen molar-refractivity contribution in [3.63, 3.8) is 0 Å². The fraction of sp³-hybridized carbons (Fsp3) is 0.200. The summed E-state index contributed by atoms with van der Waals surface area (Å²) < 4.78 is 2.53. The molecule has 0 aliphatic heterocycles. The highest BCUT2D eigenvalue weighted by atomic mass is 35.5. The molecule has 29 heavy (non-hydrogen) atoms. The van der Waals surface area contributed by atoms with Gasteiger partial charge in [-0.3, -0.25) is 4.57 Å². The Morgan fingerprint density at radius 3 is 2.24 bits per heavy atom. The molecular weight excluding hydrogens is 414 g/mol. The first kappa shape index (κ1) is 20.9. The predicted molar refractivity (Wildman–Crippen MR) is 112 cm³/mol. The first-order valence-electron chi connectivity index (χ1n) is 8.71. The molecule has 0 unspecified atom stereocenters. The topological polar surface area (TPSA) is 94.2 Å². The van der Waals surface area contributed by atoms with Crippen LogP contribution in [0.3, 0.4) is 0 Å². The third kappa shape index (κ3) is 4.96. The zero-order chi connectivity index (χ0) is 21.0. The zero-order valence-electron chi connectivity index (χ0n) is 15.5. The normalized spacial score (nSPS) is 10.8. The Hall–Kier alpha value is -2.84. The summed E-state index contributed by atoms with van der Waals surface area (Å²) in [4.78, 5) is 40.4. The van der Waals surface area contributed by atoms with Crippen molar-refractivity contribution in [3.05, 3.63) is 91.2 Å². The lowest BCUT2D eigenvalue weighted by molar-refractivity contribution is 0.0697. The molecule has 0 aliphatic rings. The van der Waals surface area contributed by atoms with Crippen molar-refractivity contribution >= 4 is 29.3 Å². The molecule has 0 bridgehead atoms. The molecule has 7 nitrogen and oxygen atoms in total. The molecule has 3 rings (SSSR count). The van der Waals surface area contributed by atoms with Gasteiger partial charge in [0.25, 0.3) is 0 Å². The minimum absolute atomic E-state index is 0.164. The molecular formula is C20H18ClN3O4S. The monoisotopic (exact) mass is 431 g/mol. The molecule has 0 saturated carbocycles. The van der Waals surface area contributed by atoms with Crippen molar-refractivity contribution in [1.29, 1.82) is 0 Å². The van der Waals surface area contributed by atoms with Gasteiger partial charge < -0.3 is 5.11 Å². The second-order valence-corrected chi connectivity index (χ2v) is 7.49. The Morgan fingerprint density at radius 2 is 1.66 bits per heavy atom. The Morgan fingerprint density at radius 1 is 1.03 bits per heavy atom. The minimum Gasteiger partial charge on any atom is -0.478 e. The molecule has 1 heterocycles. The second kappa shape index (κ2) is 9.11. The summed E-state index contributed by atoms with van der Waals surface area (Å²) in [5, 5.41) is 9.94. The van der Waals surface area contributed by atoms with E-state index >= 15 is 0 Å². The molecule has 150 valence electrons. The van der Waals surface area contributed by atoms with Crippen LogP contribution in [0.15, 0.2) is 63.3 Å². The van der Waals surface area contributed by atoms with Gasteiger partial charge in [0.1, 0.15) is 0 Å². The molecule has 0 atom stereocenters. The van der Waals surface area contributed by atoms with E-state index in [1.807, 2.05) is 12.1 Å². The van der Waals surface area contributed by atoms with Gasteiger partial charge in [0.15, 0.2) is 5.16 Å². The van der Waals surface area contributed by atoms with Gasteiger partial charge in [-0.25, -0.2) is 19.0 Å². The Bertz CT molecular complexity index is 1140. The number of halogens is 1. The van der Waals surface area contributed by atoms with Crippen LogP contribution in [0, 0.1) is 0 Å². The van der Waals surface area contributed by atoms with Crippen LogP contribution in [0.25, 0.3) is 0 Å². The van der Waals surface area contributed by atoms with Gasteiger partial charge in [0, 0.05) is 11.6 Å². The van der Waals surface area contributed by atoms with Crippen LogP contribution >= 0.6 is 23.4 Å². The van der Waals surface area contributed by atoms with Gasteiger partial charge in [-0.2, -0.15) is 4.98 Å². The lowest BCUT2D eigenvalue weighted by atomic mass is 10.1. The number of carboxylic acid groups (broad SMARTS) is 1. The van der Waals surface area contributed by atoms with Crippen molar-refractivity contribution in [1.82, 2.24) is 14.1 Å². The van der Waals surface area contributed by atoms with Gasteiger partial charge in [0.2, 0.25) is 0 Å². The number of rotatable bonds is 7. The van der Waals surface area contributed by atoms with Crippen molar-refractivity contribution in [3.8, 4) is 0 Å². The number of aromatic carboxylic acids is 1. The number of carboxylic acids is 1. The molecule has 0 spiro atoms. The molecule has 0 fully saturated rings. The van der Waals surface area contributed by atoms with Crippen LogP contribution < -0.4 is 11.4 Å². The first-order chi connectivity index (χ1) is 13.9. The van der Waals surface area contributed by atoms with Gasteiger partial charge in [-0.05, 0) is 48.1 Å². The molecule has 0 aliphatic carbocycles. The van der Waals surface area contributed by atoms with Crippen molar-refractivity contribution in [2.45, 2.75) is 24.7 Å². The average molecular weight is 432 g/mol. The SMILES string of the molecule is CSc1nc(=O)n(CCc2ccc(Cl)cc2)c(=O)n1Cc1ccc(C(=O)O)cc1. The predicted octanol–water partition coefficient (Wildman–Crippen LogP) is 2.77. The van der Waals surface area contributed by atoms with E-state index in [4.69, 9.17) is 16.7 Å². The smallest absolute Gasteiger partial charge is 0.354 e. The molecule has 1 N–H and O–H groups in total. The third-order valence-electron chi connectivity index (χ3n) is 4.38. The summed E-state index contributed by atoms with van der Waals surface area (Å²) in [6.07, 6.45) is 2.23. The number of aryl methyl sites for hydroxylation is 1. The number of carbonyl (C=O) groups is 1. The molecule has 0 radical (unpaired) electrons. The second-order valence-electron chi connectivity index (χ2n) is 6.28. The summed E-state index contributed by atoms with van der Waals surface area (Å²) in [6, 6.07) is 13.4. The van der Waals surface area contributed by atoms with Crippen LogP contribution in [0.4, 0.5) is 0 Å².